The minimum absolute atomic E-state index is 0.162. The van der Waals surface area contributed by atoms with E-state index in [1.807, 2.05) is 0 Å². The van der Waals surface area contributed by atoms with Crippen molar-refractivity contribution in [3.63, 3.8) is 0 Å². The molecule has 7 heteroatoms. The number of aromatic carboxylic acids is 1. The zero-order valence-corrected chi connectivity index (χ0v) is 11.1. The lowest BCUT2D eigenvalue weighted by atomic mass is 10.2. The Morgan fingerprint density at radius 3 is 2.74 bits per heavy atom. The van der Waals surface area contributed by atoms with Gasteiger partial charge in [-0.1, -0.05) is 0 Å². The number of sulfonamides is 1. The van der Waals surface area contributed by atoms with E-state index >= 15 is 0 Å². The third-order valence-corrected chi connectivity index (χ3v) is 3.94. The Morgan fingerprint density at radius 1 is 1.58 bits per heavy atom. The number of carboxylic acid groups (broad SMARTS) is 1. The van der Waals surface area contributed by atoms with Crippen molar-refractivity contribution >= 4 is 21.7 Å². The van der Waals surface area contributed by atoms with Crippen LogP contribution in [-0.2, 0) is 10.0 Å². The summed E-state index contributed by atoms with van der Waals surface area (Å²) in [6.07, 6.45) is 5.29. The number of benzene rings is 1. The van der Waals surface area contributed by atoms with Gasteiger partial charge in [-0.15, -0.1) is 12.3 Å². The highest BCUT2D eigenvalue weighted by Gasteiger charge is 2.24. The minimum atomic E-state index is -3.99. The SMILES string of the molecule is C#CCC(C)NS(=O)(=O)c1cc(N)ccc1C(=O)O. The van der Waals surface area contributed by atoms with Gasteiger partial charge in [0.15, 0.2) is 0 Å². The number of terminal acetylenes is 1. The Bertz CT molecular complexity index is 632. The summed E-state index contributed by atoms with van der Waals surface area (Å²) in [4.78, 5) is 10.7. The quantitative estimate of drug-likeness (QED) is 0.543. The lowest BCUT2D eigenvalue weighted by molar-refractivity contribution is 0.0692. The molecule has 102 valence electrons. The predicted molar refractivity (Wildman–Crippen MR) is 71.0 cm³/mol. The monoisotopic (exact) mass is 282 g/mol. The van der Waals surface area contributed by atoms with Crippen molar-refractivity contribution in [3.05, 3.63) is 23.8 Å². The van der Waals surface area contributed by atoms with Crippen LogP contribution in [0.2, 0.25) is 0 Å². The Hall–Kier alpha value is -2.04. The topological polar surface area (TPSA) is 109 Å². The number of hydrogen-bond donors (Lipinski definition) is 3. The van der Waals surface area contributed by atoms with E-state index < -0.39 is 22.0 Å². The fourth-order valence-corrected chi connectivity index (χ4v) is 2.96. The molecule has 0 saturated carbocycles. The highest BCUT2D eigenvalue weighted by Crippen LogP contribution is 2.19. The fourth-order valence-electron chi connectivity index (χ4n) is 1.48. The maximum Gasteiger partial charge on any atom is 0.337 e. The molecule has 1 rings (SSSR count). The molecule has 0 fully saturated rings. The highest BCUT2D eigenvalue weighted by molar-refractivity contribution is 7.89. The zero-order chi connectivity index (χ0) is 14.6. The standard InChI is InChI=1S/C12H14N2O4S/c1-3-4-8(2)14-19(17,18)11-7-9(13)5-6-10(11)12(15)16/h1,5-8,14H,4,13H2,2H3,(H,15,16). The molecule has 4 N–H and O–H groups in total. The van der Waals surface area contributed by atoms with E-state index in [1.165, 1.54) is 6.07 Å². The molecule has 0 aliphatic heterocycles. The number of hydrogen-bond acceptors (Lipinski definition) is 4. The second-order valence-electron chi connectivity index (χ2n) is 3.99. The first-order valence-electron chi connectivity index (χ1n) is 5.36. The molecule has 0 heterocycles. The summed E-state index contributed by atoms with van der Waals surface area (Å²) >= 11 is 0. The number of carbonyl (C=O) groups is 1. The summed E-state index contributed by atoms with van der Waals surface area (Å²) in [5, 5.41) is 8.99. The van der Waals surface area contributed by atoms with Gasteiger partial charge in [0.1, 0.15) is 0 Å². The molecule has 1 aromatic carbocycles. The van der Waals surface area contributed by atoms with Crippen molar-refractivity contribution < 1.29 is 18.3 Å². The first-order valence-corrected chi connectivity index (χ1v) is 6.85. The Balaban J connectivity index is 3.25. The van der Waals surface area contributed by atoms with Crippen molar-refractivity contribution in [2.24, 2.45) is 0 Å². The minimum Gasteiger partial charge on any atom is -0.478 e. The van der Waals surface area contributed by atoms with Crippen LogP contribution in [0.15, 0.2) is 23.1 Å². The van der Waals surface area contributed by atoms with Crippen LogP contribution in [0.25, 0.3) is 0 Å². The summed E-state index contributed by atoms with van der Waals surface area (Å²) in [7, 11) is -3.99. The number of nitrogen functional groups attached to an aromatic ring is 1. The largest absolute Gasteiger partial charge is 0.478 e. The molecule has 19 heavy (non-hydrogen) atoms. The summed E-state index contributed by atoms with van der Waals surface area (Å²) in [5.41, 5.74) is 5.32. The van der Waals surface area contributed by atoms with Gasteiger partial charge in [0.25, 0.3) is 0 Å². The van der Waals surface area contributed by atoms with Crippen LogP contribution in [0.5, 0.6) is 0 Å². The smallest absolute Gasteiger partial charge is 0.337 e. The molecule has 1 unspecified atom stereocenters. The lowest BCUT2D eigenvalue weighted by Gasteiger charge is -2.13. The Labute approximate surface area is 111 Å². The van der Waals surface area contributed by atoms with Crippen molar-refractivity contribution in [2.45, 2.75) is 24.3 Å². The van der Waals surface area contributed by atoms with E-state index in [2.05, 4.69) is 10.6 Å². The number of carboxylic acids is 1. The Morgan fingerprint density at radius 2 is 2.21 bits per heavy atom. The van der Waals surface area contributed by atoms with Crippen LogP contribution in [0, 0.1) is 12.3 Å². The molecular weight excluding hydrogens is 268 g/mol. The average Bonchev–Trinajstić information content (AvgIpc) is 2.27. The number of nitrogens with two attached hydrogens (primary N) is 1. The van der Waals surface area contributed by atoms with Gasteiger partial charge in [-0.3, -0.25) is 0 Å². The third kappa shape index (κ3) is 3.71. The summed E-state index contributed by atoms with van der Waals surface area (Å²) in [6.45, 7) is 1.59. The van der Waals surface area contributed by atoms with Gasteiger partial charge < -0.3 is 10.8 Å². The average molecular weight is 282 g/mol. The van der Waals surface area contributed by atoms with E-state index in [-0.39, 0.29) is 22.6 Å². The fraction of sp³-hybridized carbons (Fsp3) is 0.250. The van der Waals surface area contributed by atoms with Gasteiger partial charge >= 0.3 is 5.97 Å². The van der Waals surface area contributed by atoms with Gasteiger partial charge in [0.2, 0.25) is 10.0 Å². The number of anilines is 1. The van der Waals surface area contributed by atoms with Crippen LogP contribution in [0.4, 0.5) is 5.69 Å². The summed E-state index contributed by atoms with van der Waals surface area (Å²) in [5.74, 6) is 0.980. The second-order valence-corrected chi connectivity index (χ2v) is 5.67. The predicted octanol–water partition coefficient (Wildman–Crippen LogP) is 0.657. The third-order valence-electron chi connectivity index (χ3n) is 2.31. The van der Waals surface area contributed by atoms with Gasteiger partial charge in [0.05, 0.1) is 10.5 Å². The molecule has 0 aliphatic rings. The summed E-state index contributed by atoms with van der Waals surface area (Å²) < 4.78 is 26.5. The van der Waals surface area contributed by atoms with Crippen LogP contribution in [0.3, 0.4) is 0 Å². The molecular formula is C12H14N2O4S. The lowest BCUT2D eigenvalue weighted by Crippen LogP contribution is -2.33. The van der Waals surface area contributed by atoms with E-state index in [4.69, 9.17) is 17.3 Å². The highest BCUT2D eigenvalue weighted by atomic mass is 32.2. The number of nitrogens with one attached hydrogen (secondary N) is 1. The molecule has 0 saturated heterocycles. The molecule has 0 spiro atoms. The van der Waals surface area contributed by atoms with E-state index in [1.54, 1.807) is 6.92 Å². The van der Waals surface area contributed by atoms with Crippen LogP contribution in [0.1, 0.15) is 23.7 Å². The van der Waals surface area contributed by atoms with Crippen molar-refractivity contribution in [2.75, 3.05) is 5.73 Å². The van der Waals surface area contributed by atoms with Crippen molar-refractivity contribution in [1.29, 1.82) is 0 Å². The molecule has 1 atom stereocenters. The first kappa shape index (κ1) is 15.0. The van der Waals surface area contributed by atoms with Crippen molar-refractivity contribution in [3.8, 4) is 12.3 Å². The molecule has 0 aliphatic carbocycles. The molecule has 0 aromatic heterocycles. The van der Waals surface area contributed by atoms with E-state index in [9.17, 15) is 13.2 Å². The maximum absolute atomic E-state index is 12.1. The van der Waals surface area contributed by atoms with Gasteiger partial charge in [0, 0.05) is 18.2 Å². The maximum atomic E-state index is 12.1. The molecule has 1 aromatic rings. The van der Waals surface area contributed by atoms with Gasteiger partial charge in [-0.2, -0.15) is 0 Å². The van der Waals surface area contributed by atoms with E-state index in [0.29, 0.717) is 0 Å². The first-order chi connectivity index (χ1) is 8.77. The van der Waals surface area contributed by atoms with Crippen LogP contribution in [-0.4, -0.2) is 25.5 Å². The molecule has 0 radical (unpaired) electrons. The normalized spacial score (nSPS) is 12.6. The van der Waals surface area contributed by atoms with Crippen LogP contribution >= 0.6 is 0 Å². The molecule has 0 amide bonds. The second kappa shape index (κ2) is 5.73. The van der Waals surface area contributed by atoms with Gasteiger partial charge in [-0.25, -0.2) is 17.9 Å². The molecule has 6 nitrogen and oxygen atoms in total. The summed E-state index contributed by atoms with van der Waals surface area (Å²) in [6, 6.07) is 3.08. The van der Waals surface area contributed by atoms with Crippen molar-refractivity contribution in [1.82, 2.24) is 4.72 Å². The van der Waals surface area contributed by atoms with Gasteiger partial charge in [-0.05, 0) is 25.1 Å². The molecule has 0 bridgehead atoms. The van der Waals surface area contributed by atoms with Crippen LogP contribution < -0.4 is 10.5 Å². The zero-order valence-electron chi connectivity index (χ0n) is 10.3. The van der Waals surface area contributed by atoms with E-state index in [0.717, 1.165) is 12.1 Å². The Kier molecular flexibility index (Phi) is 4.53. The number of rotatable bonds is 5.